The second kappa shape index (κ2) is 6.60. The fourth-order valence-electron chi connectivity index (χ4n) is 3.16. The minimum atomic E-state index is -0.563. The second-order valence-corrected chi connectivity index (χ2v) is 6.07. The molecule has 4 rings (SSSR count). The summed E-state index contributed by atoms with van der Waals surface area (Å²) in [6.07, 6.45) is 4.74. The molecule has 27 heavy (non-hydrogen) atoms. The largest absolute Gasteiger partial charge is 0.464 e. The van der Waals surface area contributed by atoms with Crippen molar-refractivity contribution in [3.8, 4) is 11.4 Å². The Kier molecular flexibility index (Phi) is 4.11. The van der Waals surface area contributed by atoms with Crippen molar-refractivity contribution < 1.29 is 14.3 Å². The molecule has 4 heterocycles. The zero-order valence-electron chi connectivity index (χ0n) is 14.7. The maximum Gasteiger partial charge on any atom is 0.358 e. The molecule has 3 aromatic heterocycles. The number of fused-ring (bicyclic) bond motifs is 1. The predicted molar refractivity (Wildman–Crippen MR) is 94.9 cm³/mol. The van der Waals surface area contributed by atoms with Gasteiger partial charge in [-0.1, -0.05) is 6.07 Å². The normalized spacial score (nSPS) is 15.8. The monoisotopic (exact) mass is 364 g/mol. The first-order chi connectivity index (χ1) is 13.1. The zero-order chi connectivity index (χ0) is 19.0. The number of hydrogen-bond donors (Lipinski definition) is 1. The number of amides is 1. The van der Waals surface area contributed by atoms with Crippen molar-refractivity contribution in [2.45, 2.75) is 12.3 Å². The summed E-state index contributed by atoms with van der Waals surface area (Å²) in [7, 11) is 3.05. The van der Waals surface area contributed by atoms with Crippen LogP contribution in [0.25, 0.3) is 11.4 Å². The highest BCUT2D eigenvalue weighted by atomic mass is 16.5. The van der Waals surface area contributed by atoms with Gasteiger partial charge in [-0.2, -0.15) is 5.10 Å². The van der Waals surface area contributed by atoms with Crippen molar-refractivity contribution >= 4 is 17.7 Å². The number of hydrogen-bond acceptors (Lipinski definition) is 7. The summed E-state index contributed by atoms with van der Waals surface area (Å²) in [6.45, 7) is 0. The highest BCUT2D eigenvalue weighted by Crippen LogP contribution is 2.41. The number of carbonyl (C=O) groups is 2. The van der Waals surface area contributed by atoms with Crippen LogP contribution in [0.1, 0.15) is 34.1 Å². The molecule has 0 aromatic carbocycles. The van der Waals surface area contributed by atoms with Crippen molar-refractivity contribution in [3.63, 3.8) is 0 Å². The first-order valence-corrected chi connectivity index (χ1v) is 8.27. The molecule has 0 saturated heterocycles. The lowest BCUT2D eigenvalue weighted by molar-refractivity contribution is -0.116. The number of aromatic nitrogens is 5. The van der Waals surface area contributed by atoms with Crippen LogP contribution in [0.5, 0.6) is 0 Å². The first kappa shape index (κ1) is 16.8. The number of rotatable bonds is 3. The molecule has 1 amide bonds. The number of nitrogens with one attached hydrogen (secondary N) is 1. The Morgan fingerprint density at radius 1 is 1.26 bits per heavy atom. The molecule has 1 atom stereocenters. The van der Waals surface area contributed by atoms with Crippen molar-refractivity contribution in [3.05, 3.63) is 53.7 Å². The molecular weight excluding hydrogens is 348 g/mol. The van der Waals surface area contributed by atoms with Gasteiger partial charge in [0, 0.05) is 31.1 Å². The molecule has 0 fully saturated rings. The minimum Gasteiger partial charge on any atom is -0.464 e. The van der Waals surface area contributed by atoms with Gasteiger partial charge in [0.15, 0.2) is 5.69 Å². The van der Waals surface area contributed by atoms with Crippen LogP contribution < -0.4 is 5.32 Å². The van der Waals surface area contributed by atoms with E-state index in [1.807, 2.05) is 18.2 Å². The van der Waals surface area contributed by atoms with Crippen LogP contribution in [0, 0.1) is 0 Å². The van der Waals surface area contributed by atoms with Gasteiger partial charge in [-0.25, -0.2) is 9.78 Å². The molecule has 1 aliphatic heterocycles. The Bertz CT molecular complexity index is 1010. The van der Waals surface area contributed by atoms with Crippen LogP contribution in [0.15, 0.2) is 36.8 Å². The number of nitrogens with zero attached hydrogens (tertiary/aromatic N) is 5. The molecule has 3 aromatic rings. The summed E-state index contributed by atoms with van der Waals surface area (Å²) >= 11 is 0. The van der Waals surface area contributed by atoms with Gasteiger partial charge in [0.05, 0.1) is 30.9 Å². The third-order valence-electron chi connectivity index (χ3n) is 4.41. The molecule has 1 N–H and O–H groups in total. The smallest absolute Gasteiger partial charge is 0.358 e. The van der Waals surface area contributed by atoms with Crippen molar-refractivity contribution in [2.24, 2.45) is 7.05 Å². The van der Waals surface area contributed by atoms with Gasteiger partial charge >= 0.3 is 5.97 Å². The lowest BCUT2D eigenvalue weighted by atomic mass is 9.88. The van der Waals surface area contributed by atoms with Gasteiger partial charge in [-0.3, -0.25) is 19.4 Å². The van der Waals surface area contributed by atoms with E-state index in [0.29, 0.717) is 22.9 Å². The van der Waals surface area contributed by atoms with E-state index in [0.717, 1.165) is 5.56 Å². The number of carbonyl (C=O) groups excluding carboxylic acids is 2. The van der Waals surface area contributed by atoms with E-state index in [4.69, 9.17) is 0 Å². The maximum atomic E-state index is 12.2. The predicted octanol–water partition coefficient (Wildman–Crippen LogP) is 1.53. The van der Waals surface area contributed by atoms with Crippen LogP contribution in [0.3, 0.4) is 0 Å². The van der Waals surface area contributed by atoms with E-state index in [9.17, 15) is 9.59 Å². The van der Waals surface area contributed by atoms with E-state index in [-0.39, 0.29) is 23.9 Å². The summed E-state index contributed by atoms with van der Waals surface area (Å²) in [4.78, 5) is 36.7. The quantitative estimate of drug-likeness (QED) is 0.701. The van der Waals surface area contributed by atoms with Gasteiger partial charge < -0.3 is 10.1 Å². The zero-order valence-corrected chi connectivity index (χ0v) is 14.7. The standard InChI is InChI=1S/C18H16N6O3/c1-24-17-15(16(23-24)11-5-3-4-6-19-11)10(7-14(25)22-17)12-8-21-13(9-20-12)18(26)27-2/h3-6,8-10H,7H2,1-2H3,(H,22,25). The van der Waals surface area contributed by atoms with Gasteiger partial charge in [0.1, 0.15) is 11.5 Å². The summed E-state index contributed by atoms with van der Waals surface area (Å²) in [5.41, 5.74) is 2.89. The third kappa shape index (κ3) is 2.92. The Balaban J connectivity index is 1.83. The Hall–Kier alpha value is -3.62. The fourth-order valence-corrected chi connectivity index (χ4v) is 3.16. The van der Waals surface area contributed by atoms with Gasteiger partial charge in [0.25, 0.3) is 0 Å². The molecule has 136 valence electrons. The number of aryl methyl sites for hydroxylation is 1. The number of pyridine rings is 1. The lowest BCUT2D eigenvalue weighted by Crippen LogP contribution is -2.25. The molecule has 0 saturated carbocycles. The molecule has 9 heteroatoms. The molecule has 9 nitrogen and oxygen atoms in total. The van der Waals surface area contributed by atoms with Crippen molar-refractivity contribution in [1.82, 2.24) is 24.7 Å². The highest BCUT2D eigenvalue weighted by Gasteiger charge is 2.34. The third-order valence-corrected chi connectivity index (χ3v) is 4.41. The van der Waals surface area contributed by atoms with E-state index in [2.05, 4.69) is 30.1 Å². The summed E-state index contributed by atoms with van der Waals surface area (Å²) in [6, 6.07) is 5.57. The van der Waals surface area contributed by atoms with Gasteiger partial charge in [-0.05, 0) is 12.1 Å². The Morgan fingerprint density at radius 3 is 2.78 bits per heavy atom. The maximum absolute atomic E-state index is 12.2. The average Bonchev–Trinajstić information content (AvgIpc) is 3.04. The Morgan fingerprint density at radius 2 is 2.11 bits per heavy atom. The van der Waals surface area contributed by atoms with Crippen LogP contribution in [-0.4, -0.2) is 43.7 Å². The second-order valence-electron chi connectivity index (χ2n) is 6.07. The van der Waals surface area contributed by atoms with Crippen molar-refractivity contribution in [2.75, 3.05) is 12.4 Å². The van der Waals surface area contributed by atoms with E-state index in [1.165, 1.54) is 19.5 Å². The number of anilines is 1. The average molecular weight is 364 g/mol. The SMILES string of the molecule is COC(=O)c1cnc(C2CC(=O)Nc3c2c(-c2ccccn2)nn3C)cn1. The number of ether oxygens (including phenoxy) is 1. The summed E-state index contributed by atoms with van der Waals surface area (Å²) in [5.74, 6) is -0.442. The van der Waals surface area contributed by atoms with Crippen LogP contribution >= 0.6 is 0 Å². The van der Waals surface area contributed by atoms with Crippen LogP contribution in [-0.2, 0) is 16.6 Å². The Labute approximate surface area is 154 Å². The first-order valence-electron chi connectivity index (χ1n) is 8.27. The van der Waals surface area contributed by atoms with Crippen LogP contribution in [0.2, 0.25) is 0 Å². The molecule has 0 spiro atoms. The fraction of sp³-hybridized carbons (Fsp3) is 0.222. The van der Waals surface area contributed by atoms with Gasteiger partial charge in [-0.15, -0.1) is 0 Å². The van der Waals surface area contributed by atoms with E-state index >= 15 is 0 Å². The lowest BCUT2D eigenvalue weighted by Gasteiger charge is -2.23. The van der Waals surface area contributed by atoms with E-state index < -0.39 is 5.97 Å². The molecule has 0 bridgehead atoms. The molecule has 1 aliphatic rings. The van der Waals surface area contributed by atoms with Crippen LogP contribution in [0.4, 0.5) is 5.82 Å². The topological polar surface area (TPSA) is 112 Å². The molecule has 1 unspecified atom stereocenters. The molecular formula is C18H16N6O3. The number of esters is 1. The van der Waals surface area contributed by atoms with E-state index in [1.54, 1.807) is 17.9 Å². The highest BCUT2D eigenvalue weighted by molar-refractivity contribution is 5.96. The van der Waals surface area contributed by atoms with Gasteiger partial charge in [0.2, 0.25) is 5.91 Å². The minimum absolute atomic E-state index is 0.109. The number of methoxy groups -OCH3 is 1. The molecule has 0 radical (unpaired) electrons. The summed E-state index contributed by atoms with van der Waals surface area (Å²) in [5, 5.41) is 7.42. The summed E-state index contributed by atoms with van der Waals surface area (Å²) < 4.78 is 6.27. The molecule has 0 aliphatic carbocycles. The van der Waals surface area contributed by atoms with Crippen molar-refractivity contribution in [1.29, 1.82) is 0 Å².